The van der Waals surface area contributed by atoms with Crippen molar-refractivity contribution in [3.8, 4) is 0 Å². The molecule has 1 amide bonds. The molecule has 0 aliphatic heterocycles. The average molecular weight is 329 g/mol. The number of aryl methyl sites for hydroxylation is 1. The number of hydrogen-bond acceptors (Lipinski definition) is 3. The van der Waals surface area contributed by atoms with Gasteiger partial charge < -0.3 is 9.64 Å². The molecule has 2 aromatic carbocycles. The smallest absolute Gasteiger partial charge is 0.338 e. The molecule has 24 heavy (non-hydrogen) atoms. The van der Waals surface area contributed by atoms with Crippen LogP contribution in [0.2, 0.25) is 0 Å². The number of carbonyl (C=O) groups is 2. The SMILES string of the molecule is Cc1cccc(C(=O)OCC(=O)N(C)Cc2ccccc2F)c1C. The number of esters is 1. The zero-order valence-corrected chi connectivity index (χ0v) is 14.0. The van der Waals surface area contributed by atoms with Gasteiger partial charge in [0.15, 0.2) is 6.61 Å². The third kappa shape index (κ3) is 4.19. The van der Waals surface area contributed by atoms with E-state index in [1.807, 2.05) is 19.9 Å². The van der Waals surface area contributed by atoms with Crippen LogP contribution in [0.3, 0.4) is 0 Å². The number of nitrogens with zero attached hydrogens (tertiary/aromatic N) is 1. The van der Waals surface area contributed by atoms with E-state index < -0.39 is 11.9 Å². The van der Waals surface area contributed by atoms with Gasteiger partial charge in [-0.1, -0.05) is 30.3 Å². The Morgan fingerprint density at radius 1 is 1.08 bits per heavy atom. The van der Waals surface area contributed by atoms with Crippen molar-refractivity contribution in [3.63, 3.8) is 0 Å². The van der Waals surface area contributed by atoms with Crippen molar-refractivity contribution in [2.24, 2.45) is 0 Å². The Balaban J connectivity index is 1.94. The number of likely N-dealkylation sites (N-methyl/N-ethyl adjacent to an activating group) is 1. The van der Waals surface area contributed by atoms with E-state index in [1.54, 1.807) is 37.4 Å². The summed E-state index contributed by atoms with van der Waals surface area (Å²) in [7, 11) is 1.54. The fraction of sp³-hybridized carbons (Fsp3) is 0.263. The van der Waals surface area contributed by atoms with Gasteiger partial charge in [-0.3, -0.25) is 4.79 Å². The van der Waals surface area contributed by atoms with Crippen LogP contribution in [0.4, 0.5) is 4.39 Å². The second-order valence-corrected chi connectivity index (χ2v) is 5.66. The Morgan fingerprint density at radius 3 is 2.50 bits per heavy atom. The molecule has 0 bridgehead atoms. The normalized spacial score (nSPS) is 10.3. The highest BCUT2D eigenvalue weighted by atomic mass is 19.1. The van der Waals surface area contributed by atoms with E-state index in [-0.39, 0.29) is 19.0 Å². The topological polar surface area (TPSA) is 46.6 Å². The van der Waals surface area contributed by atoms with Gasteiger partial charge in [0.25, 0.3) is 5.91 Å². The molecule has 0 saturated heterocycles. The highest BCUT2D eigenvalue weighted by Crippen LogP contribution is 2.14. The highest BCUT2D eigenvalue weighted by Gasteiger charge is 2.16. The van der Waals surface area contributed by atoms with Crippen LogP contribution in [0.15, 0.2) is 42.5 Å². The van der Waals surface area contributed by atoms with Gasteiger partial charge in [0.05, 0.1) is 5.56 Å². The maximum atomic E-state index is 13.6. The number of benzene rings is 2. The van der Waals surface area contributed by atoms with E-state index in [2.05, 4.69) is 0 Å². The van der Waals surface area contributed by atoms with Crippen LogP contribution in [0.25, 0.3) is 0 Å². The van der Waals surface area contributed by atoms with E-state index in [4.69, 9.17) is 4.74 Å². The molecule has 0 aliphatic carbocycles. The standard InChI is InChI=1S/C19H20FNO3/c1-13-7-6-9-16(14(13)2)19(23)24-12-18(22)21(3)11-15-8-4-5-10-17(15)20/h4-10H,11-12H2,1-3H3. The quantitative estimate of drug-likeness (QED) is 0.791. The highest BCUT2D eigenvalue weighted by molar-refractivity contribution is 5.93. The molecule has 0 fully saturated rings. The number of carbonyl (C=O) groups excluding carboxylic acids is 2. The third-order valence-electron chi connectivity index (χ3n) is 3.94. The van der Waals surface area contributed by atoms with Crippen LogP contribution < -0.4 is 0 Å². The summed E-state index contributed by atoms with van der Waals surface area (Å²) in [6.07, 6.45) is 0. The molecule has 0 N–H and O–H groups in total. The summed E-state index contributed by atoms with van der Waals surface area (Å²) < 4.78 is 18.7. The molecular weight excluding hydrogens is 309 g/mol. The second kappa shape index (κ2) is 7.73. The predicted octanol–water partition coefficient (Wildman–Crippen LogP) is 3.26. The van der Waals surface area contributed by atoms with Crippen molar-refractivity contribution < 1.29 is 18.7 Å². The summed E-state index contributed by atoms with van der Waals surface area (Å²) in [5.74, 6) is -1.30. The molecule has 0 spiro atoms. The zero-order valence-electron chi connectivity index (χ0n) is 14.0. The van der Waals surface area contributed by atoms with E-state index in [0.717, 1.165) is 11.1 Å². The van der Waals surface area contributed by atoms with Gasteiger partial charge in [-0.25, -0.2) is 9.18 Å². The van der Waals surface area contributed by atoms with Crippen LogP contribution in [-0.2, 0) is 16.1 Å². The Bertz CT molecular complexity index is 758. The third-order valence-corrected chi connectivity index (χ3v) is 3.94. The largest absolute Gasteiger partial charge is 0.452 e. The fourth-order valence-electron chi connectivity index (χ4n) is 2.26. The molecule has 0 aliphatic rings. The monoisotopic (exact) mass is 329 g/mol. The van der Waals surface area contributed by atoms with Gasteiger partial charge in [-0.2, -0.15) is 0 Å². The summed E-state index contributed by atoms with van der Waals surface area (Å²) in [6, 6.07) is 11.6. The Hall–Kier alpha value is -2.69. The van der Waals surface area contributed by atoms with Crippen LogP contribution in [0, 0.1) is 19.7 Å². The molecule has 2 aromatic rings. The summed E-state index contributed by atoms with van der Waals surface area (Å²) in [4.78, 5) is 25.5. The first-order valence-corrected chi connectivity index (χ1v) is 7.61. The van der Waals surface area contributed by atoms with Gasteiger partial charge in [0.1, 0.15) is 5.82 Å². The second-order valence-electron chi connectivity index (χ2n) is 5.66. The molecule has 2 rings (SSSR count). The van der Waals surface area contributed by atoms with E-state index >= 15 is 0 Å². The van der Waals surface area contributed by atoms with E-state index in [1.165, 1.54) is 11.0 Å². The first-order valence-electron chi connectivity index (χ1n) is 7.61. The molecule has 5 heteroatoms. The lowest BCUT2D eigenvalue weighted by atomic mass is 10.0. The zero-order chi connectivity index (χ0) is 17.7. The average Bonchev–Trinajstić information content (AvgIpc) is 2.56. The summed E-state index contributed by atoms with van der Waals surface area (Å²) in [5, 5.41) is 0. The van der Waals surface area contributed by atoms with Crippen LogP contribution in [0.5, 0.6) is 0 Å². The molecule has 0 aromatic heterocycles. The van der Waals surface area contributed by atoms with E-state index in [9.17, 15) is 14.0 Å². The number of hydrogen-bond donors (Lipinski definition) is 0. The molecule has 0 unspecified atom stereocenters. The molecule has 0 heterocycles. The van der Waals surface area contributed by atoms with Crippen LogP contribution in [0.1, 0.15) is 27.0 Å². The molecule has 0 atom stereocenters. The Kier molecular flexibility index (Phi) is 5.68. The minimum Gasteiger partial charge on any atom is -0.452 e. The lowest BCUT2D eigenvalue weighted by molar-refractivity contribution is -0.133. The summed E-state index contributed by atoms with van der Waals surface area (Å²) >= 11 is 0. The van der Waals surface area contributed by atoms with Gasteiger partial charge in [-0.15, -0.1) is 0 Å². The van der Waals surface area contributed by atoms with Crippen molar-refractivity contribution in [3.05, 3.63) is 70.5 Å². The maximum absolute atomic E-state index is 13.6. The molecule has 0 saturated carbocycles. The van der Waals surface area contributed by atoms with E-state index in [0.29, 0.717) is 11.1 Å². The number of rotatable bonds is 5. The van der Waals surface area contributed by atoms with Gasteiger partial charge in [-0.05, 0) is 37.1 Å². The van der Waals surface area contributed by atoms with Crippen molar-refractivity contribution in [1.82, 2.24) is 4.90 Å². The molecule has 0 radical (unpaired) electrons. The molecular formula is C19H20FNO3. The van der Waals surface area contributed by atoms with Crippen molar-refractivity contribution in [2.75, 3.05) is 13.7 Å². The van der Waals surface area contributed by atoms with Gasteiger partial charge in [0.2, 0.25) is 0 Å². The maximum Gasteiger partial charge on any atom is 0.338 e. The minimum atomic E-state index is -0.538. The van der Waals surface area contributed by atoms with Crippen molar-refractivity contribution in [2.45, 2.75) is 20.4 Å². The lowest BCUT2D eigenvalue weighted by Gasteiger charge is -2.18. The minimum absolute atomic E-state index is 0.118. The summed E-state index contributed by atoms with van der Waals surface area (Å²) in [6.45, 7) is 3.47. The van der Waals surface area contributed by atoms with Crippen LogP contribution in [-0.4, -0.2) is 30.4 Å². The molecule has 126 valence electrons. The summed E-state index contributed by atoms with van der Waals surface area (Å²) in [5.41, 5.74) is 2.66. The van der Waals surface area contributed by atoms with Gasteiger partial charge in [0, 0.05) is 19.2 Å². The number of amides is 1. The first kappa shape index (κ1) is 17.7. The Morgan fingerprint density at radius 2 is 1.79 bits per heavy atom. The number of halogens is 1. The predicted molar refractivity (Wildman–Crippen MR) is 89.1 cm³/mol. The Labute approximate surface area is 140 Å². The lowest BCUT2D eigenvalue weighted by Crippen LogP contribution is -2.31. The van der Waals surface area contributed by atoms with Crippen molar-refractivity contribution in [1.29, 1.82) is 0 Å². The van der Waals surface area contributed by atoms with Gasteiger partial charge >= 0.3 is 5.97 Å². The number of ether oxygens (including phenoxy) is 1. The first-order chi connectivity index (χ1) is 11.4. The molecule has 4 nitrogen and oxygen atoms in total. The van der Waals surface area contributed by atoms with Crippen molar-refractivity contribution >= 4 is 11.9 Å². The van der Waals surface area contributed by atoms with Crippen LogP contribution >= 0.6 is 0 Å². The fourth-order valence-corrected chi connectivity index (χ4v) is 2.26.